The quantitative estimate of drug-likeness (QED) is 0.568. The Kier molecular flexibility index (Phi) is 5.84. The Morgan fingerprint density at radius 2 is 1.71 bits per heavy atom. The molecule has 1 unspecified atom stereocenters. The minimum Gasteiger partial charge on any atom is -0.477 e. The standard InChI is InChI=1S/C22H24FNO6S/c1-12-13(2)20-18(14(3)19(12)29-15(4)25)10-11-22(5,30-20)21(26)24-31(27,28)17-8-6-16(23)7-9-17/h6-9H,10-11H2,1-5H3,(H,24,26). The minimum absolute atomic E-state index is 0.216. The number of sulfonamides is 1. The largest absolute Gasteiger partial charge is 0.477 e. The van der Waals surface area contributed by atoms with Crippen LogP contribution in [0.15, 0.2) is 29.2 Å². The van der Waals surface area contributed by atoms with E-state index in [-0.39, 0.29) is 11.3 Å². The van der Waals surface area contributed by atoms with Gasteiger partial charge in [-0.3, -0.25) is 9.59 Å². The molecule has 31 heavy (non-hydrogen) atoms. The van der Waals surface area contributed by atoms with Crippen LogP contribution in [0.25, 0.3) is 0 Å². The molecule has 7 nitrogen and oxygen atoms in total. The summed E-state index contributed by atoms with van der Waals surface area (Å²) in [6.45, 7) is 8.24. The SMILES string of the molecule is CC(=O)Oc1c(C)c(C)c2c(c1C)CCC(C)(C(=O)NS(=O)(=O)c1ccc(F)cc1)O2. The predicted molar refractivity (Wildman–Crippen MR) is 111 cm³/mol. The predicted octanol–water partition coefficient (Wildman–Crippen LogP) is 3.27. The van der Waals surface area contributed by atoms with Gasteiger partial charge >= 0.3 is 5.97 Å². The van der Waals surface area contributed by atoms with Crippen LogP contribution in [-0.2, 0) is 26.0 Å². The van der Waals surface area contributed by atoms with Crippen LogP contribution < -0.4 is 14.2 Å². The highest BCUT2D eigenvalue weighted by Gasteiger charge is 2.42. The van der Waals surface area contributed by atoms with Gasteiger partial charge in [-0.25, -0.2) is 17.5 Å². The number of rotatable bonds is 4. The Morgan fingerprint density at radius 3 is 2.29 bits per heavy atom. The molecule has 1 aliphatic rings. The number of nitrogens with one attached hydrogen (secondary N) is 1. The Morgan fingerprint density at radius 1 is 1.10 bits per heavy atom. The number of halogens is 1. The number of amides is 1. The fourth-order valence-corrected chi connectivity index (χ4v) is 4.67. The highest BCUT2D eigenvalue weighted by Crippen LogP contribution is 2.44. The van der Waals surface area contributed by atoms with E-state index in [1.54, 1.807) is 13.8 Å². The van der Waals surface area contributed by atoms with Crippen LogP contribution in [0.3, 0.4) is 0 Å². The third kappa shape index (κ3) is 4.27. The van der Waals surface area contributed by atoms with E-state index in [1.165, 1.54) is 13.8 Å². The zero-order chi connectivity index (χ0) is 23.1. The number of carbonyl (C=O) groups excluding carboxylic acids is 2. The molecule has 1 amide bonds. The number of hydrogen-bond acceptors (Lipinski definition) is 6. The molecule has 166 valence electrons. The molecule has 3 rings (SSSR count). The summed E-state index contributed by atoms with van der Waals surface area (Å²) < 4.78 is 51.7. The Bertz CT molecular complexity index is 1170. The highest BCUT2D eigenvalue weighted by atomic mass is 32.2. The Hall–Kier alpha value is -2.94. The molecule has 1 heterocycles. The highest BCUT2D eigenvalue weighted by molar-refractivity contribution is 7.90. The van der Waals surface area contributed by atoms with E-state index in [9.17, 15) is 22.4 Å². The van der Waals surface area contributed by atoms with Crippen LogP contribution in [0, 0.1) is 26.6 Å². The van der Waals surface area contributed by atoms with Crippen molar-refractivity contribution in [2.45, 2.75) is 58.0 Å². The lowest BCUT2D eigenvalue weighted by atomic mass is 9.87. The number of esters is 1. The maximum absolute atomic E-state index is 13.1. The first-order valence-corrected chi connectivity index (χ1v) is 11.2. The number of ether oxygens (including phenoxy) is 2. The van der Waals surface area contributed by atoms with Crippen molar-refractivity contribution >= 4 is 21.9 Å². The molecule has 9 heteroatoms. The molecule has 0 bridgehead atoms. The second kappa shape index (κ2) is 7.96. The van der Waals surface area contributed by atoms with Crippen LogP contribution in [0.2, 0.25) is 0 Å². The van der Waals surface area contributed by atoms with Crippen molar-refractivity contribution in [2.24, 2.45) is 0 Å². The van der Waals surface area contributed by atoms with E-state index in [2.05, 4.69) is 0 Å². The lowest BCUT2D eigenvalue weighted by Gasteiger charge is -2.36. The molecule has 1 N–H and O–H groups in total. The van der Waals surface area contributed by atoms with Gasteiger partial charge in [0.25, 0.3) is 15.9 Å². The molecule has 2 aromatic rings. The van der Waals surface area contributed by atoms with Crippen molar-refractivity contribution in [2.75, 3.05) is 0 Å². The van der Waals surface area contributed by atoms with Crippen LogP contribution in [0.5, 0.6) is 11.5 Å². The lowest BCUT2D eigenvalue weighted by molar-refractivity contribution is -0.135. The van der Waals surface area contributed by atoms with Gasteiger partial charge in [0.2, 0.25) is 0 Å². The lowest BCUT2D eigenvalue weighted by Crippen LogP contribution is -2.52. The summed E-state index contributed by atoms with van der Waals surface area (Å²) in [4.78, 5) is 24.2. The molecule has 1 aliphatic heterocycles. The molecule has 0 aliphatic carbocycles. The zero-order valence-electron chi connectivity index (χ0n) is 18.0. The van der Waals surface area contributed by atoms with Crippen LogP contribution in [0.4, 0.5) is 4.39 Å². The van der Waals surface area contributed by atoms with E-state index < -0.39 is 33.3 Å². The molecule has 0 aromatic heterocycles. The van der Waals surface area contributed by atoms with Gasteiger partial charge in [-0.1, -0.05) is 0 Å². The molecular weight excluding hydrogens is 425 g/mol. The van der Waals surface area contributed by atoms with Gasteiger partial charge in [-0.2, -0.15) is 0 Å². The first-order valence-electron chi connectivity index (χ1n) is 9.68. The van der Waals surface area contributed by atoms with Gasteiger partial charge in [0, 0.05) is 18.9 Å². The summed E-state index contributed by atoms with van der Waals surface area (Å²) >= 11 is 0. The van der Waals surface area contributed by atoms with E-state index in [4.69, 9.17) is 9.47 Å². The molecule has 1 atom stereocenters. The summed E-state index contributed by atoms with van der Waals surface area (Å²) in [6.07, 6.45) is 0.644. The smallest absolute Gasteiger partial charge is 0.308 e. The maximum atomic E-state index is 13.1. The number of carbonyl (C=O) groups is 2. The third-order valence-electron chi connectivity index (χ3n) is 5.57. The maximum Gasteiger partial charge on any atom is 0.308 e. The number of benzene rings is 2. The normalized spacial score (nSPS) is 18.0. The fourth-order valence-electron chi connectivity index (χ4n) is 3.59. The first kappa shape index (κ1) is 22.7. The molecule has 0 saturated carbocycles. The monoisotopic (exact) mass is 449 g/mol. The minimum atomic E-state index is -4.19. The molecule has 0 spiro atoms. The number of fused-ring (bicyclic) bond motifs is 1. The fraction of sp³-hybridized carbons (Fsp3) is 0.364. The van der Waals surface area contributed by atoms with Gasteiger partial charge in [-0.05, 0) is 75.1 Å². The second-order valence-electron chi connectivity index (χ2n) is 7.83. The molecule has 0 fully saturated rings. The van der Waals surface area contributed by atoms with Gasteiger partial charge in [0.05, 0.1) is 4.90 Å². The van der Waals surface area contributed by atoms with Crippen molar-refractivity contribution in [1.82, 2.24) is 4.72 Å². The number of hydrogen-bond donors (Lipinski definition) is 1. The summed E-state index contributed by atoms with van der Waals surface area (Å²) in [5, 5.41) is 0. The molecular formula is C22H24FNO6S. The topological polar surface area (TPSA) is 98.8 Å². The van der Waals surface area contributed by atoms with Gasteiger partial charge in [0.1, 0.15) is 17.3 Å². The molecule has 2 aromatic carbocycles. The van der Waals surface area contributed by atoms with E-state index in [1.807, 2.05) is 11.6 Å². The average molecular weight is 450 g/mol. The van der Waals surface area contributed by atoms with Crippen LogP contribution in [0.1, 0.15) is 42.5 Å². The van der Waals surface area contributed by atoms with Crippen molar-refractivity contribution in [3.63, 3.8) is 0 Å². The van der Waals surface area contributed by atoms with Crippen LogP contribution in [-0.4, -0.2) is 25.9 Å². The summed E-state index contributed by atoms with van der Waals surface area (Å²) in [5.74, 6) is -0.884. The van der Waals surface area contributed by atoms with Crippen LogP contribution >= 0.6 is 0 Å². The van der Waals surface area contributed by atoms with Crippen molar-refractivity contribution in [3.8, 4) is 11.5 Å². The summed E-state index contributed by atoms with van der Waals surface area (Å²) in [6, 6.07) is 4.17. The van der Waals surface area contributed by atoms with E-state index >= 15 is 0 Å². The molecule has 0 saturated heterocycles. The van der Waals surface area contributed by atoms with Crippen molar-refractivity contribution < 1.29 is 31.9 Å². The zero-order valence-corrected chi connectivity index (χ0v) is 18.8. The third-order valence-corrected chi connectivity index (χ3v) is 6.91. The van der Waals surface area contributed by atoms with Gasteiger partial charge < -0.3 is 9.47 Å². The van der Waals surface area contributed by atoms with Gasteiger partial charge in [-0.15, -0.1) is 0 Å². The van der Waals surface area contributed by atoms with Crippen molar-refractivity contribution in [1.29, 1.82) is 0 Å². The Balaban J connectivity index is 1.92. The first-order chi connectivity index (χ1) is 14.4. The van der Waals surface area contributed by atoms with Crippen molar-refractivity contribution in [3.05, 3.63) is 52.3 Å². The summed E-state index contributed by atoms with van der Waals surface area (Å²) in [5.41, 5.74) is 1.53. The van der Waals surface area contributed by atoms with E-state index in [0.29, 0.717) is 29.0 Å². The second-order valence-corrected chi connectivity index (χ2v) is 9.51. The summed E-state index contributed by atoms with van der Waals surface area (Å²) in [7, 11) is -4.19. The van der Waals surface area contributed by atoms with Gasteiger partial charge in [0.15, 0.2) is 5.60 Å². The molecule has 0 radical (unpaired) electrons. The average Bonchev–Trinajstić information content (AvgIpc) is 2.69. The Labute approximate surface area is 180 Å². The van der Waals surface area contributed by atoms with E-state index in [0.717, 1.165) is 35.4 Å².